The second kappa shape index (κ2) is 17.7. The van der Waals surface area contributed by atoms with Gasteiger partial charge in [0, 0.05) is 31.5 Å². The Hall–Kier alpha value is -8.82. The molecule has 0 amide bonds. The molecule has 0 aliphatic rings. The van der Waals surface area contributed by atoms with E-state index in [1.54, 1.807) is 0 Å². The Balaban J connectivity index is 0.926. The van der Waals surface area contributed by atoms with E-state index in [-0.39, 0.29) is 0 Å². The maximum atomic E-state index is 2.45. The second-order valence-electron chi connectivity index (χ2n) is 18.0. The molecule has 70 heavy (non-hydrogen) atoms. The minimum absolute atomic E-state index is 1.09. The summed E-state index contributed by atoms with van der Waals surface area (Å²) in [5.74, 6) is 0. The van der Waals surface area contributed by atoms with Crippen molar-refractivity contribution in [3.8, 4) is 66.8 Å². The predicted molar refractivity (Wildman–Crippen MR) is 302 cm³/mol. The summed E-state index contributed by atoms with van der Waals surface area (Å²) in [6.45, 7) is 0. The highest BCUT2D eigenvalue weighted by Gasteiger charge is 2.22. The van der Waals surface area contributed by atoms with Crippen molar-refractivity contribution in [3.63, 3.8) is 0 Å². The van der Waals surface area contributed by atoms with Gasteiger partial charge in [0.1, 0.15) is 0 Å². The van der Waals surface area contributed by atoms with Gasteiger partial charge in [0.05, 0.1) is 5.69 Å². The fourth-order valence-corrected chi connectivity index (χ4v) is 11.8. The summed E-state index contributed by atoms with van der Waals surface area (Å²) >= 11 is 1.88. The Bertz CT molecular complexity index is 4020. The maximum absolute atomic E-state index is 2.45. The normalized spacial score (nSPS) is 11.4. The number of benzene rings is 12. The molecule has 0 aliphatic carbocycles. The van der Waals surface area contributed by atoms with Crippen LogP contribution in [0, 0.1) is 0 Å². The van der Waals surface area contributed by atoms with E-state index < -0.39 is 0 Å². The Morgan fingerprint density at radius 2 is 0.657 bits per heavy atom. The molecular formula is C68H45NS. The summed E-state index contributed by atoms with van der Waals surface area (Å²) in [5.41, 5.74) is 17.9. The summed E-state index contributed by atoms with van der Waals surface area (Å²) < 4.78 is 2.56. The lowest BCUT2D eigenvalue weighted by atomic mass is 9.88. The van der Waals surface area contributed by atoms with Crippen molar-refractivity contribution >= 4 is 70.1 Å². The molecule has 0 bridgehead atoms. The van der Waals surface area contributed by atoms with Crippen LogP contribution in [0.25, 0.3) is 108 Å². The number of rotatable bonds is 9. The summed E-state index contributed by atoms with van der Waals surface area (Å²) in [6, 6.07) is 99.8. The van der Waals surface area contributed by atoms with E-state index in [2.05, 4.69) is 278 Å². The highest BCUT2D eigenvalue weighted by atomic mass is 32.1. The monoisotopic (exact) mass is 907 g/mol. The summed E-state index contributed by atoms with van der Waals surface area (Å²) in [6.07, 6.45) is 0. The molecule has 12 aromatic carbocycles. The van der Waals surface area contributed by atoms with E-state index in [0.717, 1.165) is 17.1 Å². The van der Waals surface area contributed by atoms with Crippen LogP contribution in [0.1, 0.15) is 0 Å². The van der Waals surface area contributed by atoms with Gasteiger partial charge in [0.25, 0.3) is 0 Å². The van der Waals surface area contributed by atoms with Gasteiger partial charge in [0.15, 0.2) is 0 Å². The molecule has 0 aliphatic heterocycles. The quantitative estimate of drug-likeness (QED) is 0.139. The van der Waals surface area contributed by atoms with Crippen LogP contribution in [0.15, 0.2) is 273 Å². The number of anilines is 3. The van der Waals surface area contributed by atoms with Gasteiger partial charge in [-0.15, -0.1) is 11.3 Å². The van der Waals surface area contributed by atoms with Crippen molar-refractivity contribution in [1.82, 2.24) is 0 Å². The molecular weight excluding hydrogens is 863 g/mol. The van der Waals surface area contributed by atoms with Crippen LogP contribution in [0.2, 0.25) is 0 Å². The zero-order chi connectivity index (χ0) is 46.4. The van der Waals surface area contributed by atoms with Crippen LogP contribution in [-0.4, -0.2) is 0 Å². The smallest absolute Gasteiger partial charge is 0.0555 e. The van der Waals surface area contributed by atoms with Gasteiger partial charge in [0.2, 0.25) is 0 Å². The SMILES string of the molecule is c1ccc(-c2ccc(N(c3ccc(-c4ccc(-c5cccc6ccccc56)cc4)cc3)c3ccc(-c4ccccc4-c4ccccc4-c4cccc5ccccc45)cc3)c3c2sc2ccccc23)cc1. The van der Waals surface area contributed by atoms with E-state index in [1.807, 2.05) is 11.3 Å². The molecule has 13 rings (SSSR count). The molecule has 0 fully saturated rings. The molecule has 1 nitrogen and oxygen atoms in total. The number of hydrogen-bond acceptors (Lipinski definition) is 2. The van der Waals surface area contributed by atoms with Crippen LogP contribution >= 0.6 is 11.3 Å². The summed E-state index contributed by atoms with van der Waals surface area (Å²) in [4.78, 5) is 2.45. The number of thiophene rings is 1. The first kappa shape index (κ1) is 41.4. The van der Waals surface area contributed by atoms with Gasteiger partial charge in [-0.1, -0.05) is 237 Å². The van der Waals surface area contributed by atoms with Crippen molar-refractivity contribution in [2.75, 3.05) is 4.90 Å². The zero-order valence-electron chi connectivity index (χ0n) is 38.3. The third-order valence-electron chi connectivity index (χ3n) is 13.9. The fraction of sp³-hybridized carbons (Fsp3) is 0. The summed E-state index contributed by atoms with van der Waals surface area (Å²) in [7, 11) is 0. The van der Waals surface area contributed by atoms with Crippen LogP contribution in [0.3, 0.4) is 0 Å². The van der Waals surface area contributed by atoms with E-state index in [0.29, 0.717) is 0 Å². The van der Waals surface area contributed by atoms with Crippen molar-refractivity contribution < 1.29 is 0 Å². The molecule has 1 heterocycles. The molecule has 0 saturated heterocycles. The average molecular weight is 908 g/mol. The number of fused-ring (bicyclic) bond motifs is 5. The predicted octanol–water partition coefficient (Wildman–Crippen LogP) is 19.8. The zero-order valence-corrected chi connectivity index (χ0v) is 39.2. The van der Waals surface area contributed by atoms with Gasteiger partial charge >= 0.3 is 0 Å². The maximum Gasteiger partial charge on any atom is 0.0555 e. The van der Waals surface area contributed by atoms with Crippen molar-refractivity contribution in [2.45, 2.75) is 0 Å². The second-order valence-corrected chi connectivity index (χ2v) is 19.0. The Kier molecular flexibility index (Phi) is 10.5. The molecule has 13 aromatic rings. The standard InChI is InChI=1S/C68H45NS/c1-2-16-50(17-3-1)59-44-45-65(67-64-28-12-13-31-66(64)70-68(59)67)69(53-40-36-47(37-41-53)46-32-34-51(35-33-46)56-29-14-20-48-18-4-6-22-55(48)56)54-42-38-52(39-43-54)58-24-8-9-25-60(58)62-26-10-11-27-63(62)61-30-15-21-49-19-5-7-23-57(49)61/h1-45H. The van der Waals surface area contributed by atoms with Crippen LogP contribution in [-0.2, 0) is 0 Å². The molecule has 1 aromatic heterocycles. The minimum atomic E-state index is 1.09. The van der Waals surface area contributed by atoms with Crippen molar-refractivity contribution in [1.29, 1.82) is 0 Å². The first-order valence-corrected chi connectivity index (χ1v) is 24.8. The third-order valence-corrected chi connectivity index (χ3v) is 15.1. The lowest BCUT2D eigenvalue weighted by Gasteiger charge is -2.27. The van der Waals surface area contributed by atoms with E-state index in [1.165, 1.54) is 108 Å². The number of nitrogens with zero attached hydrogens (tertiary/aromatic N) is 1. The lowest BCUT2D eigenvalue weighted by molar-refractivity contribution is 1.30. The first-order valence-electron chi connectivity index (χ1n) is 24.0. The Labute approximate surface area is 412 Å². The number of hydrogen-bond donors (Lipinski definition) is 0. The lowest BCUT2D eigenvalue weighted by Crippen LogP contribution is -2.10. The van der Waals surface area contributed by atoms with Crippen molar-refractivity contribution in [3.05, 3.63) is 273 Å². The van der Waals surface area contributed by atoms with E-state index in [9.17, 15) is 0 Å². The van der Waals surface area contributed by atoms with E-state index >= 15 is 0 Å². The average Bonchev–Trinajstić information content (AvgIpc) is 3.84. The van der Waals surface area contributed by atoms with Gasteiger partial charge in [-0.3, -0.25) is 0 Å². The molecule has 2 heteroatoms. The molecule has 328 valence electrons. The van der Waals surface area contributed by atoms with Crippen LogP contribution < -0.4 is 4.90 Å². The minimum Gasteiger partial charge on any atom is -0.310 e. The largest absolute Gasteiger partial charge is 0.310 e. The molecule has 0 spiro atoms. The third kappa shape index (κ3) is 7.34. The van der Waals surface area contributed by atoms with Crippen LogP contribution in [0.4, 0.5) is 17.1 Å². The summed E-state index contributed by atoms with van der Waals surface area (Å²) in [5, 5.41) is 7.54. The molecule has 0 N–H and O–H groups in total. The highest BCUT2D eigenvalue weighted by molar-refractivity contribution is 7.26. The molecule has 0 unspecified atom stereocenters. The Morgan fingerprint density at radius 3 is 1.31 bits per heavy atom. The van der Waals surface area contributed by atoms with Crippen molar-refractivity contribution in [2.24, 2.45) is 0 Å². The van der Waals surface area contributed by atoms with Gasteiger partial charge in [-0.2, -0.15) is 0 Å². The van der Waals surface area contributed by atoms with Crippen LogP contribution in [0.5, 0.6) is 0 Å². The molecule has 0 radical (unpaired) electrons. The van der Waals surface area contributed by atoms with Gasteiger partial charge in [-0.25, -0.2) is 0 Å². The first-order chi connectivity index (χ1) is 34.7. The van der Waals surface area contributed by atoms with Gasteiger partial charge in [-0.05, 0) is 125 Å². The molecule has 0 atom stereocenters. The fourth-order valence-electron chi connectivity index (χ4n) is 10.6. The van der Waals surface area contributed by atoms with Gasteiger partial charge < -0.3 is 4.90 Å². The topological polar surface area (TPSA) is 3.24 Å². The molecule has 0 saturated carbocycles. The Morgan fingerprint density at radius 1 is 0.243 bits per heavy atom. The van der Waals surface area contributed by atoms with E-state index in [4.69, 9.17) is 0 Å². The highest BCUT2D eigenvalue weighted by Crippen LogP contribution is 2.49.